The number of hydrogen-bond acceptors (Lipinski definition) is 2. The third-order valence-electron chi connectivity index (χ3n) is 4.80. The molecule has 0 bridgehead atoms. The van der Waals surface area contributed by atoms with Crippen molar-refractivity contribution in [3.8, 4) is 0 Å². The number of fused-ring (bicyclic) bond motifs is 1. The quantitative estimate of drug-likeness (QED) is 0.742. The molecule has 1 unspecified atom stereocenters. The van der Waals surface area contributed by atoms with Gasteiger partial charge in [-0.05, 0) is 41.5 Å². The van der Waals surface area contributed by atoms with Crippen LogP contribution >= 0.6 is 11.8 Å². The molecule has 2 nitrogen and oxygen atoms in total. The second-order valence-corrected chi connectivity index (χ2v) is 8.26. The molecular formula is C18H28O2S. The van der Waals surface area contributed by atoms with Crippen molar-refractivity contribution in [1.82, 2.24) is 0 Å². The number of carboxylic acids is 1. The van der Waals surface area contributed by atoms with Crippen LogP contribution in [-0.2, 0) is 5.41 Å². The normalized spacial score (nSPS) is 21.8. The molecule has 0 saturated carbocycles. The zero-order chi connectivity index (χ0) is 16.6. The molecule has 2 rings (SSSR count). The van der Waals surface area contributed by atoms with Crippen molar-refractivity contribution in [1.29, 1.82) is 0 Å². The molecule has 1 aliphatic heterocycles. The lowest BCUT2D eigenvalue weighted by atomic mass is 9.67. The summed E-state index contributed by atoms with van der Waals surface area (Å²) in [7, 11) is 0. The smallest absolute Gasteiger partial charge is 0.335 e. The van der Waals surface area contributed by atoms with Gasteiger partial charge in [0.2, 0.25) is 0 Å². The van der Waals surface area contributed by atoms with Crippen molar-refractivity contribution in [2.45, 2.75) is 70.4 Å². The molecule has 1 N–H and O–H groups in total. The Hall–Kier alpha value is -0.960. The molecule has 1 heterocycles. The minimum atomic E-state index is -0.835. The van der Waals surface area contributed by atoms with Crippen molar-refractivity contribution in [3.63, 3.8) is 0 Å². The van der Waals surface area contributed by atoms with E-state index in [-0.39, 0.29) is 10.2 Å². The zero-order valence-electron chi connectivity index (χ0n) is 14.5. The Morgan fingerprint density at radius 3 is 2.19 bits per heavy atom. The van der Waals surface area contributed by atoms with Gasteiger partial charge in [-0.2, -0.15) is 0 Å². The monoisotopic (exact) mass is 308 g/mol. The van der Waals surface area contributed by atoms with Crippen molar-refractivity contribution in [2.24, 2.45) is 5.92 Å². The standard InChI is InChI=1S/C16H22O2S.C2H6/c1-9-11(14(17)18)7-8-12-13(9)15(3,4)10(2)16(5,6)19-12;1-2/h7-8,10H,1-6H3,(H,17,18);1-2H3. The lowest BCUT2D eigenvalue weighted by molar-refractivity contribution is 0.0695. The minimum Gasteiger partial charge on any atom is -0.478 e. The third-order valence-corrected chi connectivity index (χ3v) is 6.24. The van der Waals surface area contributed by atoms with Crippen LogP contribution in [0.25, 0.3) is 0 Å². The Bertz CT molecular complexity index is 544. The summed E-state index contributed by atoms with van der Waals surface area (Å²) in [5.74, 6) is -0.362. The van der Waals surface area contributed by atoms with Crippen molar-refractivity contribution in [3.05, 3.63) is 28.8 Å². The molecule has 1 aliphatic rings. The molecule has 21 heavy (non-hydrogen) atoms. The molecule has 0 spiro atoms. The number of carboxylic acid groups (broad SMARTS) is 1. The van der Waals surface area contributed by atoms with Crippen LogP contribution in [0, 0.1) is 12.8 Å². The lowest BCUT2D eigenvalue weighted by Crippen LogP contribution is -2.44. The van der Waals surface area contributed by atoms with E-state index >= 15 is 0 Å². The van der Waals surface area contributed by atoms with E-state index in [0.717, 1.165) is 5.56 Å². The van der Waals surface area contributed by atoms with Crippen LogP contribution in [-0.4, -0.2) is 15.8 Å². The van der Waals surface area contributed by atoms with Gasteiger partial charge in [-0.15, -0.1) is 11.8 Å². The molecule has 1 atom stereocenters. The summed E-state index contributed by atoms with van der Waals surface area (Å²) in [4.78, 5) is 12.6. The highest BCUT2D eigenvalue weighted by Gasteiger charge is 2.45. The predicted octanol–water partition coefficient (Wildman–Crippen LogP) is 5.52. The Kier molecular flexibility index (Phi) is 5.20. The molecule has 1 aromatic rings. The average molecular weight is 308 g/mol. The maximum absolute atomic E-state index is 11.3. The molecule has 0 aliphatic carbocycles. The van der Waals surface area contributed by atoms with E-state index in [1.165, 1.54) is 10.5 Å². The van der Waals surface area contributed by atoms with Crippen LogP contribution in [0.2, 0.25) is 0 Å². The van der Waals surface area contributed by atoms with Gasteiger partial charge in [0, 0.05) is 9.64 Å². The van der Waals surface area contributed by atoms with Gasteiger partial charge in [-0.1, -0.05) is 48.5 Å². The minimum absolute atomic E-state index is 0.0143. The highest BCUT2D eigenvalue weighted by Crippen LogP contribution is 2.55. The first-order valence-electron chi connectivity index (χ1n) is 7.65. The van der Waals surface area contributed by atoms with Gasteiger partial charge in [-0.3, -0.25) is 0 Å². The summed E-state index contributed by atoms with van der Waals surface area (Å²) in [6, 6.07) is 3.72. The van der Waals surface area contributed by atoms with Crippen LogP contribution in [0.4, 0.5) is 0 Å². The summed E-state index contributed by atoms with van der Waals surface area (Å²) in [5, 5.41) is 9.30. The SMILES string of the molecule is CC.Cc1c(C(=O)O)ccc2c1C(C)(C)C(C)C(C)(C)S2. The summed E-state index contributed by atoms with van der Waals surface area (Å²) in [5.41, 5.74) is 2.55. The van der Waals surface area contributed by atoms with E-state index in [1.807, 2.05) is 38.6 Å². The topological polar surface area (TPSA) is 37.3 Å². The maximum atomic E-state index is 11.3. The number of rotatable bonds is 1. The number of hydrogen-bond donors (Lipinski definition) is 1. The first-order valence-corrected chi connectivity index (χ1v) is 8.47. The van der Waals surface area contributed by atoms with Crippen molar-refractivity contribution >= 4 is 17.7 Å². The molecule has 0 fully saturated rings. The number of carbonyl (C=O) groups is 1. The fourth-order valence-corrected chi connectivity index (χ4v) is 4.95. The second kappa shape index (κ2) is 6.04. The van der Waals surface area contributed by atoms with Gasteiger partial charge >= 0.3 is 5.97 Å². The molecule has 0 radical (unpaired) electrons. The molecule has 3 heteroatoms. The fraction of sp³-hybridized carbons (Fsp3) is 0.611. The highest BCUT2D eigenvalue weighted by atomic mass is 32.2. The molecule has 118 valence electrons. The number of thioether (sulfide) groups is 1. The number of aromatic carboxylic acids is 1. The third kappa shape index (κ3) is 2.98. The Balaban J connectivity index is 0.00000106. The summed E-state index contributed by atoms with van der Waals surface area (Å²) < 4.78 is 0.160. The van der Waals surface area contributed by atoms with Gasteiger partial charge in [-0.25, -0.2) is 4.79 Å². The zero-order valence-corrected chi connectivity index (χ0v) is 15.3. The summed E-state index contributed by atoms with van der Waals surface area (Å²) >= 11 is 1.87. The lowest BCUT2D eigenvalue weighted by Gasteiger charge is -2.48. The first kappa shape index (κ1) is 18.1. The van der Waals surface area contributed by atoms with E-state index in [0.29, 0.717) is 11.5 Å². The van der Waals surface area contributed by atoms with Gasteiger partial charge in [0.05, 0.1) is 5.56 Å². The second-order valence-electron chi connectivity index (χ2n) is 6.57. The van der Waals surface area contributed by atoms with E-state index in [9.17, 15) is 9.90 Å². The van der Waals surface area contributed by atoms with Gasteiger partial charge in [0.25, 0.3) is 0 Å². The van der Waals surface area contributed by atoms with Crippen molar-refractivity contribution < 1.29 is 9.90 Å². The first-order chi connectivity index (χ1) is 9.59. The van der Waals surface area contributed by atoms with Crippen LogP contribution in [0.3, 0.4) is 0 Å². The van der Waals surface area contributed by atoms with E-state index in [4.69, 9.17) is 0 Å². The van der Waals surface area contributed by atoms with Gasteiger partial charge in [0.1, 0.15) is 0 Å². The predicted molar refractivity (Wildman–Crippen MR) is 91.6 cm³/mol. The Morgan fingerprint density at radius 2 is 1.71 bits per heavy atom. The fourth-order valence-electron chi connectivity index (χ4n) is 3.26. The van der Waals surface area contributed by atoms with E-state index < -0.39 is 5.97 Å². The van der Waals surface area contributed by atoms with Gasteiger partial charge in [0.15, 0.2) is 0 Å². The number of benzene rings is 1. The van der Waals surface area contributed by atoms with Crippen LogP contribution in [0.5, 0.6) is 0 Å². The summed E-state index contributed by atoms with van der Waals surface area (Å²) in [6.45, 7) is 17.2. The molecule has 0 aromatic heterocycles. The molecule has 0 amide bonds. The highest BCUT2D eigenvalue weighted by molar-refractivity contribution is 8.00. The Morgan fingerprint density at radius 1 is 1.19 bits per heavy atom. The van der Waals surface area contributed by atoms with Crippen molar-refractivity contribution in [2.75, 3.05) is 0 Å². The largest absolute Gasteiger partial charge is 0.478 e. The van der Waals surface area contributed by atoms with Gasteiger partial charge < -0.3 is 5.11 Å². The molecule has 0 saturated heterocycles. The van der Waals surface area contributed by atoms with E-state index in [2.05, 4.69) is 34.6 Å². The van der Waals surface area contributed by atoms with Crippen LogP contribution in [0.1, 0.15) is 70.0 Å². The molecule has 1 aromatic carbocycles. The maximum Gasteiger partial charge on any atom is 0.335 e. The molecular weight excluding hydrogens is 280 g/mol. The Labute approximate surface area is 133 Å². The summed E-state index contributed by atoms with van der Waals surface area (Å²) in [6.07, 6.45) is 0. The van der Waals surface area contributed by atoms with E-state index in [1.54, 1.807) is 6.07 Å². The average Bonchev–Trinajstić information content (AvgIpc) is 2.37. The van der Waals surface area contributed by atoms with Crippen LogP contribution < -0.4 is 0 Å². The van der Waals surface area contributed by atoms with Crippen LogP contribution in [0.15, 0.2) is 17.0 Å².